The van der Waals surface area contributed by atoms with E-state index in [1.807, 2.05) is 19.0 Å². The fourth-order valence-corrected chi connectivity index (χ4v) is 0.717. The molecule has 1 N–H and O–H groups in total. The molecular weight excluding hydrogens is 172 g/mol. The normalized spacial score (nSPS) is 9.85. The molecule has 0 aromatic carbocycles. The van der Waals surface area contributed by atoms with Crippen molar-refractivity contribution in [2.24, 2.45) is 5.29 Å². The highest BCUT2D eigenvalue weighted by atomic mass is 16.3. The number of nitrogens with zero attached hydrogens (tertiary/aromatic N) is 3. The molecule has 0 radical (unpaired) electrons. The average Bonchev–Trinajstić information content (AvgIpc) is 2.05. The lowest BCUT2D eigenvalue weighted by atomic mass is 10.5. The fourth-order valence-electron chi connectivity index (χ4n) is 0.717. The summed E-state index contributed by atoms with van der Waals surface area (Å²) in [6.07, 6.45) is 0. The van der Waals surface area contributed by atoms with E-state index < -0.39 is 6.03 Å². The van der Waals surface area contributed by atoms with Crippen LogP contribution in [0.25, 0.3) is 0 Å². The fraction of sp³-hybridized carbons (Fsp3) is 0.857. The zero-order valence-electron chi connectivity index (χ0n) is 8.28. The lowest BCUT2D eigenvalue weighted by Gasteiger charge is -2.16. The summed E-state index contributed by atoms with van der Waals surface area (Å²) in [5.41, 5.74) is 0. The Kier molecular flexibility index (Phi) is 5.79. The van der Waals surface area contributed by atoms with Gasteiger partial charge in [0.25, 0.3) is 0 Å². The van der Waals surface area contributed by atoms with Crippen molar-refractivity contribution < 1.29 is 4.79 Å². The van der Waals surface area contributed by atoms with E-state index in [0.717, 1.165) is 5.01 Å². The van der Waals surface area contributed by atoms with Crippen LogP contribution in [0.1, 0.15) is 6.92 Å². The molecule has 0 fully saturated rings. The van der Waals surface area contributed by atoms with Crippen molar-refractivity contribution in [2.75, 3.05) is 33.7 Å². The standard InChI is InChI=1S/C7H16N4O2/c1-4-8-7(12)11(9-13)6-5-10(2)3/h4-6H2,1-3H3,(H,8,12). The summed E-state index contributed by atoms with van der Waals surface area (Å²) in [5, 5.41) is 6.00. The van der Waals surface area contributed by atoms with Gasteiger partial charge in [-0.25, -0.2) is 4.79 Å². The molecule has 0 atom stereocenters. The van der Waals surface area contributed by atoms with E-state index in [9.17, 15) is 9.70 Å². The number of hydrogen-bond donors (Lipinski definition) is 1. The molecule has 6 nitrogen and oxygen atoms in total. The van der Waals surface area contributed by atoms with Gasteiger partial charge in [-0.3, -0.25) is 0 Å². The number of carbonyl (C=O) groups excluding carboxylic acids is 1. The molecule has 0 unspecified atom stereocenters. The molecule has 76 valence electrons. The minimum absolute atomic E-state index is 0.308. The van der Waals surface area contributed by atoms with Crippen molar-refractivity contribution in [2.45, 2.75) is 6.92 Å². The summed E-state index contributed by atoms with van der Waals surface area (Å²) in [5.74, 6) is 0. The van der Waals surface area contributed by atoms with E-state index in [4.69, 9.17) is 0 Å². The molecule has 0 spiro atoms. The maximum atomic E-state index is 11.1. The highest BCUT2D eigenvalue weighted by Crippen LogP contribution is 1.90. The van der Waals surface area contributed by atoms with Crippen molar-refractivity contribution in [3.8, 4) is 0 Å². The minimum Gasteiger partial charge on any atom is -0.337 e. The van der Waals surface area contributed by atoms with Gasteiger partial charge >= 0.3 is 6.03 Å². The Morgan fingerprint density at radius 2 is 2.00 bits per heavy atom. The van der Waals surface area contributed by atoms with Crippen molar-refractivity contribution >= 4 is 6.03 Å². The number of hydrogen-bond acceptors (Lipinski definition) is 4. The van der Waals surface area contributed by atoms with Gasteiger partial charge in [0.2, 0.25) is 0 Å². The van der Waals surface area contributed by atoms with E-state index in [1.165, 1.54) is 0 Å². The molecule has 0 aromatic heterocycles. The largest absolute Gasteiger partial charge is 0.340 e. The third-order valence-corrected chi connectivity index (χ3v) is 1.42. The van der Waals surface area contributed by atoms with Gasteiger partial charge in [-0.2, -0.15) is 5.01 Å². The second-order valence-corrected chi connectivity index (χ2v) is 2.84. The van der Waals surface area contributed by atoms with E-state index >= 15 is 0 Å². The van der Waals surface area contributed by atoms with Crippen LogP contribution in [-0.2, 0) is 0 Å². The highest BCUT2D eigenvalue weighted by molar-refractivity contribution is 5.73. The highest BCUT2D eigenvalue weighted by Gasteiger charge is 2.11. The molecule has 0 heterocycles. The van der Waals surface area contributed by atoms with E-state index in [2.05, 4.69) is 10.6 Å². The third-order valence-electron chi connectivity index (χ3n) is 1.42. The summed E-state index contributed by atoms with van der Waals surface area (Å²) in [6.45, 7) is 3.20. The first-order chi connectivity index (χ1) is 6.11. The Labute approximate surface area is 77.8 Å². The maximum absolute atomic E-state index is 11.1. The Bertz CT molecular complexity index is 172. The van der Waals surface area contributed by atoms with Gasteiger partial charge in [-0.15, -0.1) is 4.91 Å². The van der Waals surface area contributed by atoms with Crippen LogP contribution in [-0.4, -0.2) is 49.7 Å². The van der Waals surface area contributed by atoms with Gasteiger partial charge in [0.15, 0.2) is 0 Å². The number of carbonyl (C=O) groups is 1. The van der Waals surface area contributed by atoms with Gasteiger partial charge in [-0.05, 0) is 21.0 Å². The summed E-state index contributed by atoms with van der Waals surface area (Å²) in [4.78, 5) is 23.2. The molecule has 0 aliphatic rings. The molecule has 0 saturated heterocycles. The number of likely N-dealkylation sites (N-methyl/N-ethyl adjacent to an activating group) is 1. The Hall–Kier alpha value is -1.17. The van der Waals surface area contributed by atoms with Gasteiger partial charge in [0.1, 0.15) is 0 Å². The van der Waals surface area contributed by atoms with Crippen LogP contribution in [0.3, 0.4) is 0 Å². The quantitative estimate of drug-likeness (QED) is 0.497. The van der Waals surface area contributed by atoms with Crippen molar-refractivity contribution in [3.05, 3.63) is 4.91 Å². The predicted octanol–water partition coefficient (Wildman–Crippen LogP) is 0.261. The third kappa shape index (κ3) is 5.13. The SMILES string of the molecule is CCNC(=O)N(CCN(C)C)N=O. The predicted molar refractivity (Wildman–Crippen MR) is 50.1 cm³/mol. The Morgan fingerprint density at radius 1 is 1.38 bits per heavy atom. The van der Waals surface area contributed by atoms with Gasteiger partial charge in [0.05, 0.1) is 11.8 Å². The smallest absolute Gasteiger partial charge is 0.337 e. The van der Waals surface area contributed by atoms with Gasteiger partial charge in [0, 0.05) is 13.1 Å². The second kappa shape index (κ2) is 6.36. The monoisotopic (exact) mass is 188 g/mol. The lowest BCUT2D eigenvalue weighted by Crippen LogP contribution is -2.39. The molecule has 0 saturated carbocycles. The van der Waals surface area contributed by atoms with E-state index in [0.29, 0.717) is 19.6 Å². The van der Waals surface area contributed by atoms with Crippen LogP contribution in [0.4, 0.5) is 4.79 Å². The number of amides is 2. The topological polar surface area (TPSA) is 65.0 Å². The molecule has 2 amide bonds. The molecule has 6 heteroatoms. The summed E-state index contributed by atoms with van der Waals surface area (Å²) in [7, 11) is 3.72. The van der Waals surface area contributed by atoms with E-state index in [-0.39, 0.29) is 0 Å². The zero-order valence-corrected chi connectivity index (χ0v) is 8.28. The maximum Gasteiger partial charge on any atom is 0.340 e. The van der Waals surface area contributed by atoms with Crippen LogP contribution >= 0.6 is 0 Å². The van der Waals surface area contributed by atoms with Crippen LogP contribution < -0.4 is 5.32 Å². The Balaban J connectivity index is 3.87. The molecule has 0 aliphatic carbocycles. The zero-order chi connectivity index (χ0) is 10.3. The molecule has 0 rings (SSSR count). The summed E-state index contributed by atoms with van der Waals surface area (Å²) < 4.78 is 0. The second-order valence-electron chi connectivity index (χ2n) is 2.84. The molecule has 13 heavy (non-hydrogen) atoms. The van der Waals surface area contributed by atoms with Crippen LogP contribution in [0, 0.1) is 4.91 Å². The van der Waals surface area contributed by atoms with Gasteiger partial charge in [-0.1, -0.05) is 0 Å². The van der Waals surface area contributed by atoms with E-state index in [1.54, 1.807) is 6.92 Å². The van der Waals surface area contributed by atoms with Crippen LogP contribution in [0.2, 0.25) is 0 Å². The molecular formula is C7H16N4O2. The summed E-state index contributed by atoms with van der Waals surface area (Å²) in [6, 6.07) is -0.445. The molecule has 0 aliphatic heterocycles. The number of urea groups is 1. The minimum atomic E-state index is -0.445. The first-order valence-corrected chi connectivity index (χ1v) is 4.15. The van der Waals surface area contributed by atoms with Crippen LogP contribution in [0.15, 0.2) is 5.29 Å². The first-order valence-electron chi connectivity index (χ1n) is 4.15. The molecule has 0 bridgehead atoms. The number of nitrogens with one attached hydrogen (secondary N) is 1. The van der Waals surface area contributed by atoms with Crippen molar-refractivity contribution in [1.82, 2.24) is 15.2 Å². The number of rotatable bonds is 5. The molecule has 0 aromatic rings. The average molecular weight is 188 g/mol. The van der Waals surface area contributed by atoms with Gasteiger partial charge < -0.3 is 10.2 Å². The lowest BCUT2D eigenvalue weighted by molar-refractivity contribution is 0.194. The van der Waals surface area contributed by atoms with Crippen LogP contribution in [0.5, 0.6) is 0 Å². The van der Waals surface area contributed by atoms with Crippen molar-refractivity contribution in [1.29, 1.82) is 0 Å². The number of nitroso groups, excluding NO2 is 1. The van der Waals surface area contributed by atoms with Crippen molar-refractivity contribution in [3.63, 3.8) is 0 Å². The Morgan fingerprint density at radius 3 is 2.38 bits per heavy atom. The first kappa shape index (κ1) is 11.8. The summed E-state index contributed by atoms with van der Waals surface area (Å²) >= 11 is 0.